The van der Waals surface area contributed by atoms with Crippen molar-refractivity contribution in [3.63, 3.8) is 0 Å². The number of rotatable bonds is 2. The Morgan fingerprint density at radius 2 is 1.46 bits per heavy atom. The van der Waals surface area contributed by atoms with Crippen molar-refractivity contribution < 1.29 is 14.5 Å². The number of hydrogen-bond donors (Lipinski definition) is 0. The molecule has 2 aromatic carbocycles. The lowest BCUT2D eigenvalue weighted by Gasteiger charge is -2.50. The van der Waals surface area contributed by atoms with Crippen molar-refractivity contribution >= 4 is 5.57 Å². The van der Waals surface area contributed by atoms with E-state index in [4.69, 9.17) is 14.5 Å². The summed E-state index contributed by atoms with van der Waals surface area (Å²) in [7, 11) is 0. The summed E-state index contributed by atoms with van der Waals surface area (Å²) in [5.74, 6) is -0.571. The molecule has 134 valence electrons. The molecule has 2 fully saturated rings. The maximum atomic E-state index is 6.62. The molecule has 1 heterocycles. The van der Waals surface area contributed by atoms with Crippen molar-refractivity contribution in [2.45, 2.75) is 56.0 Å². The molecule has 0 unspecified atom stereocenters. The number of allylic oxidation sites excluding steroid dienone is 1. The largest absolute Gasteiger partial charge is 0.336 e. The monoisotopic (exact) mass is 348 g/mol. The average molecular weight is 348 g/mol. The van der Waals surface area contributed by atoms with Gasteiger partial charge >= 0.3 is 0 Å². The Balaban J connectivity index is 1.56. The summed E-state index contributed by atoms with van der Waals surface area (Å²) in [6.07, 6.45) is 7.99. The summed E-state index contributed by atoms with van der Waals surface area (Å²) < 4.78 is 6.62. The second-order valence-electron chi connectivity index (χ2n) is 7.64. The van der Waals surface area contributed by atoms with Gasteiger partial charge in [0.25, 0.3) is 0 Å². The van der Waals surface area contributed by atoms with Gasteiger partial charge in [0.05, 0.1) is 0 Å². The molecule has 3 heteroatoms. The molecule has 0 bridgehead atoms. The number of ether oxygens (including phenoxy) is 1. The first-order valence-electron chi connectivity index (χ1n) is 9.66. The van der Waals surface area contributed by atoms with Crippen molar-refractivity contribution in [2.24, 2.45) is 0 Å². The van der Waals surface area contributed by atoms with Crippen LogP contribution in [-0.4, -0.2) is 11.9 Å². The molecule has 1 saturated carbocycles. The third-order valence-electron chi connectivity index (χ3n) is 6.03. The molecule has 1 aliphatic heterocycles. The zero-order valence-electron chi connectivity index (χ0n) is 14.9. The first-order valence-corrected chi connectivity index (χ1v) is 9.66. The van der Waals surface area contributed by atoms with E-state index in [2.05, 4.69) is 60.7 Å². The molecule has 1 spiro atoms. The van der Waals surface area contributed by atoms with Gasteiger partial charge in [0.15, 0.2) is 5.60 Å². The lowest BCUT2D eigenvalue weighted by atomic mass is 9.76. The van der Waals surface area contributed by atoms with E-state index < -0.39 is 11.4 Å². The molecule has 2 atom stereocenters. The first kappa shape index (κ1) is 16.2. The smallest absolute Gasteiger partial charge is 0.202 e. The van der Waals surface area contributed by atoms with Crippen LogP contribution in [0, 0.1) is 0 Å². The van der Waals surface area contributed by atoms with Gasteiger partial charge in [-0.15, -0.1) is 0 Å². The zero-order chi connectivity index (χ0) is 17.5. The second kappa shape index (κ2) is 6.34. The van der Waals surface area contributed by atoms with E-state index in [1.54, 1.807) is 0 Å². The third-order valence-corrected chi connectivity index (χ3v) is 6.03. The summed E-state index contributed by atoms with van der Waals surface area (Å²) in [6, 6.07) is 21.0. The van der Waals surface area contributed by atoms with E-state index in [9.17, 15) is 0 Å². The van der Waals surface area contributed by atoms with Crippen LogP contribution in [0.25, 0.3) is 5.57 Å². The van der Waals surface area contributed by atoms with Crippen LogP contribution < -0.4 is 0 Å². The fourth-order valence-electron chi connectivity index (χ4n) is 4.57. The van der Waals surface area contributed by atoms with Crippen LogP contribution in [0.1, 0.15) is 49.7 Å². The van der Waals surface area contributed by atoms with Crippen LogP contribution in [0.3, 0.4) is 0 Å². The minimum absolute atomic E-state index is 0.138. The van der Waals surface area contributed by atoms with Crippen LogP contribution in [0.5, 0.6) is 0 Å². The van der Waals surface area contributed by atoms with Crippen LogP contribution in [-0.2, 0) is 20.1 Å². The normalized spacial score (nSPS) is 30.0. The van der Waals surface area contributed by atoms with Crippen molar-refractivity contribution in [1.29, 1.82) is 0 Å². The molecule has 2 aromatic rings. The van der Waals surface area contributed by atoms with Crippen molar-refractivity contribution in [1.82, 2.24) is 0 Å². The minimum Gasteiger partial charge on any atom is -0.336 e. The summed E-state index contributed by atoms with van der Waals surface area (Å²) in [5, 5.41) is 0. The molecule has 3 aliphatic rings. The van der Waals surface area contributed by atoms with Crippen LogP contribution in [0.15, 0.2) is 66.7 Å². The van der Waals surface area contributed by atoms with Gasteiger partial charge in [-0.05, 0) is 48.5 Å². The summed E-state index contributed by atoms with van der Waals surface area (Å²) in [5.41, 5.74) is 3.17. The zero-order valence-corrected chi connectivity index (χ0v) is 14.9. The lowest BCUT2D eigenvalue weighted by Crippen LogP contribution is -2.55. The number of hydrogen-bond acceptors (Lipinski definition) is 3. The minimum atomic E-state index is -0.571. The van der Waals surface area contributed by atoms with Gasteiger partial charge in [-0.3, -0.25) is 0 Å². The average Bonchev–Trinajstić information content (AvgIpc) is 3.17. The van der Waals surface area contributed by atoms with Crippen LogP contribution in [0.4, 0.5) is 0 Å². The molecule has 0 aromatic heterocycles. The summed E-state index contributed by atoms with van der Waals surface area (Å²) in [6.45, 7) is 0. The molecule has 2 aliphatic carbocycles. The van der Waals surface area contributed by atoms with Crippen molar-refractivity contribution in [3.05, 3.63) is 77.9 Å². The highest BCUT2D eigenvalue weighted by molar-refractivity contribution is 5.67. The summed E-state index contributed by atoms with van der Waals surface area (Å²) >= 11 is 0. The Bertz CT molecular complexity index is 793. The SMILES string of the molecule is C1=C(c2ccccc2)CC[C@@]2(c3ccccc3)OOC3(CCCC3)O[C@@H]12. The van der Waals surface area contributed by atoms with E-state index in [1.165, 1.54) is 11.1 Å². The first-order chi connectivity index (χ1) is 12.8. The fraction of sp³-hybridized carbons (Fsp3) is 0.391. The standard InChI is InChI=1S/C23H24O3/c1-3-9-18(10-4-1)19-13-16-23(20-11-5-2-6-12-20)21(17-19)24-22(25-26-23)14-7-8-15-22/h1-6,9-12,17,21H,7-8,13-16H2/t21-,23-/m0/s1. The van der Waals surface area contributed by atoms with E-state index in [0.717, 1.165) is 44.1 Å². The maximum Gasteiger partial charge on any atom is 0.202 e. The van der Waals surface area contributed by atoms with E-state index >= 15 is 0 Å². The highest BCUT2D eigenvalue weighted by Gasteiger charge is 2.55. The molecule has 5 rings (SSSR count). The summed E-state index contributed by atoms with van der Waals surface area (Å²) in [4.78, 5) is 12.2. The van der Waals surface area contributed by atoms with Gasteiger partial charge in [0.1, 0.15) is 6.10 Å². The molecule has 3 nitrogen and oxygen atoms in total. The van der Waals surface area contributed by atoms with Crippen molar-refractivity contribution in [3.8, 4) is 0 Å². The number of benzene rings is 2. The van der Waals surface area contributed by atoms with Gasteiger partial charge < -0.3 is 4.74 Å². The van der Waals surface area contributed by atoms with Gasteiger partial charge in [-0.25, -0.2) is 9.78 Å². The van der Waals surface area contributed by atoms with Gasteiger partial charge in [0.2, 0.25) is 5.79 Å². The van der Waals surface area contributed by atoms with E-state index in [0.29, 0.717) is 0 Å². The maximum absolute atomic E-state index is 6.62. The Kier molecular flexibility index (Phi) is 3.96. The second-order valence-corrected chi connectivity index (χ2v) is 7.64. The molecule has 26 heavy (non-hydrogen) atoms. The van der Waals surface area contributed by atoms with Gasteiger partial charge in [-0.2, -0.15) is 0 Å². The van der Waals surface area contributed by atoms with E-state index in [1.807, 2.05) is 6.07 Å². The van der Waals surface area contributed by atoms with E-state index in [-0.39, 0.29) is 6.10 Å². The predicted molar refractivity (Wildman–Crippen MR) is 100 cm³/mol. The number of fused-ring (bicyclic) bond motifs is 1. The molecule has 0 radical (unpaired) electrons. The Labute approximate surface area is 154 Å². The predicted octanol–water partition coefficient (Wildman–Crippen LogP) is 5.38. The van der Waals surface area contributed by atoms with Gasteiger partial charge in [-0.1, -0.05) is 60.7 Å². The molecule has 1 saturated heterocycles. The fourth-order valence-corrected chi connectivity index (χ4v) is 4.57. The van der Waals surface area contributed by atoms with Crippen LogP contribution >= 0.6 is 0 Å². The van der Waals surface area contributed by atoms with Gasteiger partial charge in [0, 0.05) is 12.8 Å². The Morgan fingerprint density at radius 1 is 0.769 bits per heavy atom. The topological polar surface area (TPSA) is 27.7 Å². The third kappa shape index (κ3) is 2.62. The Morgan fingerprint density at radius 3 is 2.19 bits per heavy atom. The lowest BCUT2D eigenvalue weighted by molar-refractivity contribution is -0.528. The quantitative estimate of drug-likeness (QED) is 0.682. The molecule has 0 N–H and O–H groups in total. The molecular weight excluding hydrogens is 324 g/mol. The highest BCUT2D eigenvalue weighted by Crippen LogP contribution is 2.51. The van der Waals surface area contributed by atoms with Crippen LogP contribution in [0.2, 0.25) is 0 Å². The Hall–Kier alpha value is -1.94. The highest BCUT2D eigenvalue weighted by atomic mass is 17.2. The molecular formula is C23H24O3. The molecule has 0 amide bonds. The van der Waals surface area contributed by atoms with Crippen molar-refractivity contribution in [2.75, 3.05) is 0 Å².